The maximum atomic E-state index is 11.7. The fraction of sp³-hybridized carbons (Fsp3) is 0.500. The van der Waals surface area contributed by atoms with E-state index >= 15 is 0 Å². The van der Waals surface area contributed by atoms with Crippen LogP contribution in [0.1, 0.15) is 32.4 Å². The van der Waals surface area contributed by atoms with Crippen molar-refractivity contribution in [3.63, 3.8) is 0 Å². The van der Waals surface area contributed by atoms with Crippen LogP contribution in [0.25, 0.3) is 0 Å². The van der Waals surface area contributed by atoms with Gasteiger partial charge in [0, 0.05) is 12.4 Å². The molecule has 1 aromatic heterocycles. The Morgan fingerprint density at radius 2 is 2.31 bits per heavy atom. The van der Waals surface area contributed by atoms with E-state index in [9.17, 15) is 9.90 Å². The number of carbonyl (C=O) groups excluding carboxylic acids is 1. The van der Waals surface area contributed by atoms with Gasteiger partial charge in [-0.3, -0.25) is 9.78 Å². The van der Waals surface area contributed by atoms with Gasteiger partial charge < -0.3 is 9.84 Å². The van der Waals surface area contributed by atoms with Gasteiger partial charge in [0.25, 0.3) is 0 Å². The highest BCUT2D eigenvalue weighted by Crippen LogP contribution is 2.33. The van der Waals surface area contributed by atoms with Crippen LogP contribution in [0.5, 0.6) is 0 Å². The van der Waals surface area contributed by atoms with Gasteiger partial charge in [-0.15, -0.1) is 0 Å². The smallest absolute Gasteiger partial charge is 0.314 e. The number of aliphatic hydroxyl groups excluding tert-OH is 1. The number of rotatable bonds is 4. The molecule has 1 unspecified atom stereocenters. The van der Waals surface area contributed by atoms with Crippen molar-refractivity contribution in [2.75, 3.05) is 6.61 Å². The van der Waals surface area contributed by atoms with Gasteiger partial charge in [0.15, 0.2) is 0 Å². The lowest BCUT2D eigenvalue weighted by Gasteiger charge is -2.28. The molecule has 0 saturated heterocycles. The van der Waals surface area contributed by atoms with E-state index in [1.165, 1.54) is 0 Å². The van der Waals surface area contributed by atoms with Crippen molar-refractivity contribution in [1.29, 1.82) is 0 Å². The highest BCUT2D eigenvalue weighted by atomic mass is 16.5. The summed E-state index contributed by atoms with van der Waals surface area (Å²) in [5.74, 6) is -0.411. The lowest BCUT2D eigenvalue weighted by atomic mass is 9.83. The van der Waals surface area contributed by atoms with Crippen LogP contribution in [0.3, 0.4) is 0 Å². The van der Waals surface area contributed by atoms with E-state index in [0.717, 1.165) is 0 Å². The van der Waals surface area contributed by atoms with Crippen LogP contribution in [-0.2, 0) is 9.53 Å². The predicted molar refractivity (Wildman–Crippen MR) is 59.6 cm³/mol. The van der Waals surface area contributed by atoms with Crippen LogP contribution >= 0.6 is 0 Å². The quantitative estimate of drug-likeness (QED) is 0.789. The molecule has 0 aliphatic heterocycles. The summed E-state index contributed by atoms with van der Waals surface area (Å²) in [7, 11) is 0. The van der Waals surface area contributed by atoms with Gasteiger partial charge in [0.1, 0.15) is 0 Å². The minimum atomic E-state index is -0.973. The summed E-state index contributed by atoms with van der Waals surface area (Å²) in [5.41, 5.74) is -0.362. The lowest BCUT2D eigenvalue weighted by molar-refractivity contribution is -0.160. The van der Waals surface area contributed by atoms with E-state index in [2.05, 4.69) is 4.98 Å². The van der Waals surface area contributed by atoms with Gasteiger partial charge in [-0.25, -0.2) is 0 Å². The summed E-state index contributed by atoms with van der Waals surface area (Å²) >= 11 is 0. The molecule has 1 N–H and O–H groups in total. The first-order valence-electron chi connectivity index (χ1n) is 5.25. The van der Waals surface area contributed by atoms with Crippen LogP contribution in [0, 0.1) is 5.41 Å². The number of aromatic nitrogens is 1. The molecule has 0 amide bonds. The van der Waals surface area contributed by atoms with Crippen molar-refractivity contribution >= 4 is 5.97 Å². The molecule has 4 heteroatoms. The molecule has 0 aliphatic rings. The van der Waals surface area contributed by atoms with Crippen LogP contribution in [0.15, 0.2) is 24.5 Å². The van der Waals surface area contributed by atoms with E-state index in [-0.39, 0.29) is 0 Å². The molecule has 16 heavy (non-hydrogen) atoms. The average molecular weight is 223 g/mol. The van der Waals surface area contributed by atoms with Gasteiger partial charge in [-0.2, -0.15) is 0 Å². The summed E-state index contributed by atoms with van der Waals surface area (Å²) in [6, 6.07) is 3.46. The zero-order chi connectivity index (χ0) is 12.2. The van der Waals surface area contributed by atoms with E-state index in [1.807, 2.05) is 0 Å². The van der Waals surface area contributed by atoms with Gasteiger partial charge >= 0.3 is 5.97 Å². The van der Waals surface area contributed by atoms with Crippen LogP contribution < -0.4 is 0 Å². The van der Waals surface area contributed by atoms with Crippen molar-refractivity contribution in [2.45, 2.75) is 26.9 Å². The number of pyridine rings is 1. The second-order valence-corrected chi connectivity index (χ2v) is 4.13. The normalized spacial score (nSPS) is 13.2. The van der Waals surface area contributed by atoms with Gasteiger partial charge in [0.05, 0.1) is 18.1 Å². The lowest BCUT2D eigenvalue weighted by Crippen LogP contribution is -2.33. The largest absolute Gasteiger partial charge is 0.465 e. The van der Waals surface area contributed by atoms with Crippen molar-refractivity contribution < 1.29 is 14.6 Å². The number of carbonyl (C=O) groups is 1. The summed E-state index contributed by atoms with van der Waals surface area (Å²) in [5, 5.41) is 10.1. The molecular weight excluding hydrogens is 206 g/mol. The minimum Gasteiger partial charge on any atom is -0.465 e. The van der Waals surface area contributed by atoms with Gasteiger partial charge in [-0.05, 0) is 32.4 Å². The first-order valence-corrected chi connectivity index (χ1v) is 5.25. The molecule has 1 heterocycles. The maximum absolute atomic E-state index is 11.7. The second kappa shape index (κ2) is 5.07. The van der Waals surface area contributed by atoms with E-state index < -0.39 is 17.5 Å². The van der Waals surface area contributed by atoms with Crippen molar-refractivity contribution in [2.24, 2.45) is 5.41 Å². The number of nitrogens with zero attached hydrogens (tertiary/aromatic N) is 1. The Bertz CT molecular complexity index is 349. The van der Waals surface area contributed by atoms with Crippen molar-refractivity contribution in [3.8, 4) is 0 Å². The fourth-order valence-electron chi connectivity index (χ4n) is 1.38. The summed E-state index contributed by atoms with van der Waals surface area (Å²) < 4.78 is 4.93. The first kappa shape index (κ1) is 12.6. The molecule has 1 atom stereocenters. The number of hydrogen-bond acceptors (Lipinski definition) is 4. The zero-order valence-electron chi connectivity index (χ0n) is 9.80. The Labute approximate surface area is 95.3 Å². The maximum Gasteiger partial charge on any atom is 0.314 e. The first-order chi connectivity index (χ1) is 7.50. The molecule has 0 bridgehead atoms. The highest BCUT2D eigenvalue weighted by Gasteiger charge is 2.38. The third-order valence-corrected chi connectivity index (χ3v) is 2.49. The molecule has 4 nitrogen and oxygen atoms in total. The Morgan fingerprint density at radius 1 is 1.62 bits per heavy atom. The summed E-state index contributed by atoms with van der Waals surface area (Å²) in [4.78, 5) is 15.6. The molecule has 1 rings (SSSR count). The Balaban J connectivity index is 2.87. The van der Waals surface area contributed by atoms with E-state index in [4.69, 9.17) is 4.74 Å². The predicted octanol–water partition coefficient (Wildman–Crippen LogP) is 1.70. The topological polar surface area (TPSA) is 59.4 Å². The van der Waals surface area contributed by atoms with Crippen molar-refractivity contribution in [1.82, 2.24) is 4.98 Å². The number of aliphatic hydroxyl groups is 1. The third-order valence-electron chi connectivity index (χ3n) is 2.49. The van der Waals surface area contributed by atoms with Crippen LogP contribution in [0.4, 0.5) is 0 Å². The van der Waals surface area contributed by atoms with Gasteiger partial charge in [-0.1, -0.05) is 6.07 Å². The SMILES string of the molecule is CCOC(=O)C(C)(C)C(O)c1cccnc1. The van der Waals surface area contributed by atoms with E-state index in [1.54, 1.807) is 45.3 Å². The molecular formula is C12H17NO3. The van der Waals surface area contributed by atoms with Gasteiger partial charge in [0.2, 0.25) is 0 Å². The van der Waals surface area contributed by atoms with Crippen LogP contribution in [0.2, 0.25) is 0 Å². The fourth-order valence-corrected chi connectivity index (χ4v) is 1.38. The van der Waals surface area contributed by atoms with Crippen LogP contribution in [-0.4, -0.2) is 22.7 Å². The molecule has 0 fully saturated rings. The molecule has 0 saturated carbocycles. The number of hydrogen-bond donors (Lipinski definition) is 1. The molecule has 0 spiro atoms. The Morgan fingerprint density at radius 3 is 2.81 bits per heavy atom. The summed E-state index contributed by atoms with van der Waals surface area (Å²) in [6.07, 6.45) is 2.25. The minimum absolute atomic E-state index is 0.308. The third kappa shape index (κ3) is 2.58. The zero-order valence-corrected chi connectivity index (χ0v) is 9.80. The molecule has 88 valence electrons. The molecule has 1 aromatic rings. The Kier molecular flexibility index (Phi) is 4.01. The van der Waals surface area contributed by atoms with E-state index in [0.29, 0.717) is 12.2 Å². The number of esters is 1. The number of ether oxygens (including phenoxy) is 1. The monoisotopic (exact) mass is 223 g/mol. The highest BCUT2D eigenvalue weighted by molar-refractivity contribution is 5.76. The van der Waals surface area contributed by atoms with Crippen molar-refractivity contribution in [3.05, 3.63) is 30.1 Å². The summed E-state index contributed by atoms with van der Waals surface area (Å²) in [6.45, 7) is 5.36. The molecule has 0 aromatic carbocycles. The molecule has 0 radical (unpaired) electrons. The molecule has 0 aliphatic carbocycles. The average Bonchev–Trinajstić information content (AvgIpc) is 2.29. The second-order valence-electron chi connectivity index (χ2n) is 4.13. The Hall–Kier alpha value is -1.42. The standard InChI is InChI=1S/C12H17NO3/c1-4-16-11(15)12(2,3)10(14)9-6-5-7-13-8-9/h5-8,10,14H,4H2,1-3H3.